The largest absolute Gasteiger partial charge is 0.107 e. The van der Waals surface area contributed by atoms with Crippen molar-refractivity contribution in [3.05, 3.63) is 0 Å². The second-order valence-corrected chi connectivity index (χ2v) is 8.07. The van der Waals surface area contributed by atoms with Crippen LogP contribution in [0.15, 0.2) is 0 Å². The summed E-state index contributed by atoms with van der Waals surface area (Å²) < 4.78 is 0. The van der Waals surface area contributed by atoms with Crippen LogP contribution >= 0.6 is 24.0 Å². The SMILES string of the molecule is CCCCCCCCCCCCCCCCCCCCCCCC.I. The van der Waals surface area contributed by atoms with Crippen molar-refractivity contribution in [2.75, 3.05) is 0 Å². The highest BCUT2D eigenvalue weighted by molar-refractivity contribution is 14.0. The van der Waals surface area contributed by atoms with E-state index in [0.29, 0.717) is 0 Å². The van der Waals surface area contributed by atoms with Crippen molar-refractivity contribution in [2.24, 2.45) is 0 Å². The predicted molar refractivity (Wildman–Crippen MR) is 128 cm³/mol. The van der Waals surface area contributed by atoms with E-state index in [1.807, 2.05) is 0 Å². The molecule has 0 saturated carbocycles. The second-order valence-electron chi connectivity index (χ2n) is 8.07. The van der Waals surface area contributed by atoms with Gasteiger partial charge in [-0.25, -0.2) is 0 Å². The van der Waals surface area contributed by atoms with Gasteiger partial charge in [0.25, 0.3) is 0 Å². The first kappa shape index (κ1) is 27.9. The van der Waals surface area contributed by atoms with Crippen LogP contribution in [0.3, 0.4) is 0 Å². The summed E-state index contributed by atoms with van der Waals surface area (Å²) in [5, 5.41) is 0. The first-order chi connectivity index (χ1) is 11.9. The molecule has 0 aromatic heterocycles. The smallest absolute Gasteiger partial charge is 0.0533 e. The quantitative estimate of drug-likeness (QED) is 0.117. The first-order valence-electron chi connectivity index (χ1n) is 11.9. The molecule has 0 amide bonds. The van der Waals surface area contributed by atoms with Crippen LogP contribution in [-0.2, 0) is 0 Å². The van der Waals surface area contributed by atoms with E-state index >= 15 is 0 Å². The molecule has 154 valence electrons. The van der Waals surface area contributed by atoms with Crippen LogP contribution < -0.4 is 0 Å². The molecule has 0 nitrogen and oxygen atoms in total. The van der Waals surface area contributed by atoms with Crippen LogP contribution in [0.1, 0.15) is 155 Å². The van der Waals surface area contributed by atoms with Gasteiger partial charge < -0.3 is 0 Å². The minimum absolute atomic E-state index is 0. The maximum Gasteiger partial charge on any atom is -0.0533 e. The van der Waals surface area contributed by atoms with E-state index in [2.05, 4.69) is 13.8 Å². The molecule has 0 spiro atoms. The lowest BCUT2D eigenvalue weighted by atomic mass is 10.0. The van der Waals surface area contributed by atoms with E-state index in [9.17, 15) is 0 Å². The van der Waals surface area contributed by atoms with Crippen LogP contribution in [0.5, 0.6) is 0 Å². The Bertz CT molecular complexity index is 180. The van der Waals surface area contributed by atoms with Crippen LogP contribution in [-0.4, -0.2) is 0 Å². The average molecular weight is 467 g/mol. The van der Waals surface area contributed by atoms with Gasteiger partial charge in [-0.2, -0.15) is 0 Å². The Morgan fingerprint density at radius 3 is 0.480 bits per heavy atom. The lowest BCUT2D eigenvalue weighted by molar-refractivity contribution is 0.520. The Hall–Kier alpha value is 0.730. The van der Waals surface area contributed by atoms with Crippen molar-refractivity contribution in [1.82, 2.24) is 0 Å². The fraction of sp³-hybridized carbons (Fsp3) is 1.00. The Balaban J connectivity index is 0. The minimum atomic E-state index is 0. The molecule has 0 heterocycles. The summed E-state index contributed by atoms with van der Waals surface area (Å²) in [6.07, 6.45) is 32.4. The zero-order valence-corrected chi connectivity index (χ0v) is 20.3. The molecule has 0 aliphatic rings. The zero-order valence-electron chi connectivity index (χ0n) is 18.0. The van der Waals surface area contributed by atoms with Gasteiger partial charge in [0, 0.05) is 0 Å². The molecule has 0 aliphatic carbocycles. The van der Waals surface area contributed by atoms with Crippen LogP contribution in [0.2, 0.25) is 0 Å². The summed E-state index contributed by atoms with van der Waals surface area (Å²) in [4.78, 5) is 0. The molecule has 0 atom stereocenters. The third-order valence-electron chi connectivity index (χ3n) is 5.46. The molecule has 0 saturated heterocycles. The lowest BCUT2D eigenvalue weighted by Crippen LogP contribution is -1.84. The summed E-state index contributed by atoms with van der Waals surface area (Å²) in [7, 11) is 0. The van der Waals surface area contributed by atoms with Crippen LogP contribution in [0.25, 0.3) is 0 Å². The van der Waals surface area contributed by atoms with Gasteiger partial charge in [-0.1, -0.05) is 155 Å². The number of unbranched alkanes of at least 4 members (excludes halogenated alkanes) is 21. The van der Waals surface area contributed by atoms with Crippen molar-refractivity contribution >= 4 is 24.0 Å². The van der Waals surface area contributed by atoms with Crippen molar-refractivity contribution < 1.29 is 0 Å². The van der Waals surface area contributed by atoms with E-state index in [4.69, 9.17) is 0 Å². The maximum atomic E-state index is 2.30. The molecule has 0 N–H and O–H groups in total. The molecule has 0 rings (SSSR count). The highest BCUT2D eigenvalue weighted by atomic mass is 127. The van der Waals surface area contributed by atoms with Gasteiger partial charge in [0.2, 0.25) is 0 Å². The average Bonchev–Trinajstić information content (AvgIpc) is 2.60. The molecule has 0 aliphatic heterocycles. The molecule has 0 radical (unpaired) electrons. The molecular formula is C24H51I. The fourth-order valence-corrected chi connectivity index (χ4v) is 3.68. The van der Waals surface area contributed by atoms with Crippen molar-refractivity contribution in [3.8, 4) is 0 Å². The van der Waals surface area contributed by atoms with Gasteiger partial charge in [0.15, 0.2) is 0 Å². The normalized spacial score (nSPS) is 10.8. The summed E-state index contributed by atoms with van der Waals surface area (Å²) in [6, 6.07) is 0. The standard InChI is InChI=1S/C24H50.HI/c1-3-5-7-9-11-13-15-17-19-21-23-24-22-20-18-16-14-12-10-8-6-4-2;/h3-24H2,1-2H3;1H. The molecular weight excluding hydrogens is 415 g/mol. The Kier molecular flexibility index (Phi) is 30.1. The third kappa shape index (κ3) is 27.1. The van der Waals surface area contributed by atoms with E-state index in [0.717, 1.165) is 0 Å². The molecule has 1 heteroatoms. The zero-order chi connectivity index (χ0) is 17.6. The van der Waals surface area contributed by atoms with Crippen LogP contribution in [0.4, 0.5) is 0 Å². The van der Waals surface area contributed by atoms with Gasteiger partial charge in [0.05, 0.1) is 0 Å². The lowest BCUT2D eigenvalue weighted by Gasteiger charge is -2.04. The van der Waals surface area contributed by atoms with Gasteiger partial charge in [-0.15, -0.1) is 24.0 Å². The maximum absolute atomic E-state index is 2.30. The van der Waals surface area contributed by atoms with E-state index in [1.165, 1.54) is 141 Å². The molecule has 0 aromatic carbocycles. The Labute approximate surface area is 178 Å². The monoisotopic (exact) mass is 466 g/mol. The number of rotatable bonds is 21. The number of hydrogen-bond acceptors (Lipinski definition) is 0. The van der Waals surface area contributed by atoms with Crippen LogP contribution in [0, 0.1) is 0 Å². The topological polar surface area (TPSA) is 0 Å². The summed E-state index contributed by atoms with van der Waals surface area (Å²) >= 11 is 0. The van der Waals surface area contributed by atoms with E-state index < -0.39 is 0 Å². The third-order valence-corrected chi connectivity index (χ3v) is 5.46. The number of halogens is 1. The molecule has 0 unspecified atom stereocenters. The number of hydrogen-bond donors (Lipinski definition) is 0. The molecule has 25 heavy (non-hydrogen) atoms. The fourth-order valence-electron chi connectivity index (χ4n) is 3.68. The van der Waals surface area contributed by atoms with Gasteiger partial charge in [-0.3, -0.25) is 0 Å². The van der Waals surface area contributed by atoms with E-state index in [1.54, 1.807) is 0 Å². The molecule has 0 fully saturated rings. The summed E-state index contributed by atoms with van der Waals surface area (Å²) in [6.45, 7) is 4.60. The van der Waals surface area contributed by atoms with Crippen molar-refractivity contribution in [2.45, 2.75) is 155 Å². The van der Waals surface area contributed by atoms with Crippen molar-refractivity contribution in [1.29, 1.82) is 0 Å². The summed E-state index contributed by atoms with van der Waals surface area (Å²) in [5.41, 5.74) is 0. The van der Waals surface area contributed by atoms with Gasteiger partial charge in [-0.05, 0) is 0 Å². The van der Waals surface area contributed by atoms with Gasteiger partial charge in [0.1, 0.15) is 0 Å². The summed E-state index contributed by atoms with van der Waals surface area (Å²) in [5.74, 6) is 0. The second kappa shape index (κ2) is 27.0. The van der Waals surface area contributed by atoms with E-state index in [-0.39, 0.29) is 24.0 Å². The molecule has 0 bridgehead atoms. The highest BCUT2D eigenvalue weighted by Gasteiger charge is 1.95. The van der Waals surface area contributed by atoms with Gasteiger partial charge >= 0.3 is 0 Å². The molecule has 0 aromatic rings. The predicted octanol–water partition coefficient (Wildman–Crippen LogP) is 10.2. The highest BCUT2D eigenvalue weighted by Crippen LogP contribution is 2.15. The minimum Gasteiger partial charge on any atom is -0.107 e. The first-order valence-corrected chi connectivity index (χ1v) is 11.9. The Morgan fingerprint density at radius 2 is 0.360 bits per heavy atom. The Morgan fingerprint density at radius 1 is 0.240 bits per heavy atom. The van der Waals surface area contributed by atoms with Crippen molar-refractivity contribution in [3.63, 3.8) is 0 Å².